The van der Waals surface area contributed by atoms with E-state index in [0.717, 1.165) is 33.9 Å². The van der Waals surface area contributed by atoms with Gasteiger partial charge in [0.1, 0.15) is 11.4 Å². The highest BCUT2D eigenvalue weighted by molar-refractivity contribution is 5.93. The molecule has 0 spiro atoms. The molecular formula is C21H22N4O2. The number of para-hydroxylation sites is 2. The molecule has 0 aliphatic carbocycles. The third-order valence-electron chi connectivity index (χ3n) is 4.12. The Labute approximate surface area is 158 Å². The van der Waals surface area contributed by atoms with Crippen LogP contribution in [0.3, 0.4) is 0 Å². The van der Waals surface area contributed by atoms with Crippen molar-refractivity contribution in [2.24, 2.45) is 4.99 Å². The van der Waals surface area contributed by atoms with Gasteiger partial charge in [0.15, 0.2) is 6.61 Å². The van der Waals surface area contributed by atoms with Gasteiger partial charge in [-0.05, 0) is 44.5 Å². The Morgan fingerprint density at radius 3 is 2.63 bits per heavy atom. The number of nitrogens with zero attached hydrogens (tertiary/aromatic N) is 2. The lowest BCUT2D eigenvalue weighted by atomic mass is 10.2. The number of aromatic amines is 1. The quantitative estimate of drug-likeness (QED) is 0.648. The van der Waals surface area contributed by atoms with Gasteiger partial charge in [-0.25, -0.2) is 0 Å². The highest BCUT2D eigenvalue weighted by Crippen LogP contribution is 2.22. The fourth-order valence-corrected chi connectivity index (χ4v) is 2.63. The van der Waals surface area contributed by atoms with Crippen LogP contribution < -0.4 is 10.1 Å². The molecule has 0 atom stereocenters. The van der Waals surface area contributed by atoms with Crippen LogP contribution >= 0.6 is 0 Å². The van der Waals surface area contributed by atoms with Crippen LogP contribution in [0.25, 0.3) is 0 Å². The molecule has 3 aromatic rings. The summed E-state index contributed by atoms with van der Waals surface area (Å²) in [6, 6.07) is 15.1. The van der Waals surface area contributed by atoms with Crippen molar-refractivity contribution in [3.63, 3.8) is 0 Å². The molecular weight excluding hydrogens is 340 g/mol. The number of aromatic nitrogens is 2. The second-order valence-electron chi connectivity index (χ2n) is 6.23. The van der Waals surface area contributed by atoms with Gasteiger partial charge in [-0.3, -0.25) is 14.9 Å². The topological polar surface area (TPSA) is 79.4 Å². The van der Waals surface area contributed by atoms with E-state index in [1.54, 1.807) is 6.21 Å². The van der Waals surface area contributed by atoms with Crippen LogP contribution in [-0.2, 0) is 4.79 Å². The molecule has 2 aromatic carbocycles. The number of hydrogen-bond donors (Lipinski definition) is 2. The largest absolute Gasteiger partial charge is 0.483 e. The van der Waals surface area contributed by atoms with Crippen LogP contribution in [0.4, 0.5) is 11.4 Å². The molecule has 0 fully saturated rings. The van der Waals surface area contributed by atoms with Crippen molar-refractivity contribution in [3.8, 4) is 5.75 Å². The third kappa shape index (κ3) is 4.61. The van der Waals surface area contributed by atoms with E-state index in [1.807, 2.05) is 69.3 Å². The summed E-state index contributed by atoms with van der Waals surface area (Å²) in [5.74, 6) is 0.387. The number of amides is 1. The lowest BCUT2D eigenvalue weighted by molar-refractivity contribution is -0.118. The fraction of sp³-hybridized carbons (Fsp3) is 0.190. The van der Waals surface area contributed by atoms with Crippen molar-refractivity contribution in [3.05, 3.63) is 71.0 Å². The van der Waals surface area contributed by atoms with E-state index in [0.29, 0.717) is 5.75 Å². The number of aryl methyl sites for hydroxylation is 3. The van der Waals surface area contributed by atoms with E-state index in [4.69, 9.17) is 4.74 Å². The van der Waals surface area contributed by atoms with E-state index in [1.165, 1.54) is 0 Å². The molecule has 3 rings (SSSR count). The number of ether oxygens (including phenoxy) is 1. The summed E-state index contributed by atoms with van der Waals surface area (Å²) in [6.07, 6.45) is 1.72. The molecule has 1 amide bonds. The minimum Gasteiger partial charge on any atom is -0.483 e. The van der Waals surface area contributed by atoms with Crippen LogP contribution in [0.2, 0.25) is 0 Å². The van der Waals surface area contributed by atoms with Gasteiger partial charge in [0.05, 0.1) is 11.4 Å². The average Bonchev–Trinajstić information content (AvgIpc) is 2.99. The second-order valence-corrected chi connectivity index (χ2v) is 6.23. The molecule has 0 radical (unpaired) electrons. The molecule has 0 saturated carbocycles. The summed E-state index contributed by atoms with van der Waals surface area (Å²) >= 11 is 0. The van der Waals surface area contributed by atoms with Crippen molar-refractivity contribution >= 4 is 23.5 Å². The molecule has 27 heavy (non-hydrogen) atoms. The maximum absolute atomic E-state index is 12.2. The molecule has 1 heterocycles. The minimum atomic E-state index is -0.211. The summed E-state index contributed by atoms with van der Waals surface area (Å²) in [5.41, 5.74) is 5.12. The molecule has 6 heteroatoms. The number of rotatable bonds is 6. The van der Waals surface area contributed by atoms with Crippen LogP contribution in [-0.4, -0.2) is 28.9 Å². The first kappa shape index (κ1) is 18.4. The average molecular weight is 362 g/mol. The first-order valence-corrected chi connectivity index (χ1v) is 8.67. The molecule has 0 aliphatic rings. The molecule has 0 saturated heterocycles. The zero-order valence-electron chi connectivity index (χ0n) is 15.6. The van der Waals surface area contributed by atoms with E-state index in [9.17, 15) is 4.79 Å². The summed E-state index contributed by atoms with van der Waals surface area (Å²) in [6.45, 7) is 5.69. The molecule has 1 aromatic heterocycles. The second kappa shape index (κ2) is 8.31. The van der Waals surface area contributed by atoms with E-state index >= 15 is 0 Å². The Morgan fingerprint density at radius 2 is 1.89 bits per heavy atom. The van der Waals surface area contributed by atoms with Crippen molar-refractivity contribution in [2.45, 2.75) is 20.8 Å². The van der Waals surface area contributed by atoms with Crippen molar-refractivity contribution in [2.75, 3.05) is 11.9 Å². The molecule has 2 N–H and O–H groups in total. The van der Waals surface area contributed by atoms with Gasteiger partial charge in [0.2, 0.25) is 0 Å². The Kier molecular flexibility index (Phi) is 5.66. The van der Waals surface area contributed by atoms with Gasteiger partial charge in [-0.15, -0.1) is 0 Å². The third-order valence-corrected chi connectivity index (χ3v) is 4.12. The zero-order chi connectivity index (χ0) is 19.2. The lowest BCUT2D eigenvalue weighted by Crippen LogP contribution is -2.21. The van der Waals surface area contributed by atoms with Crippen LogP contribution in [0.1, 0.15) is 22.5 Å². The zero-order valence-corrected chi connectivity index (χ0v) is 15.6. The SMILES string of the molecule is Cc1ccccc1NC(=O)COc1ccccc1C=Nc1c(C)n[nH]c1C. The van der Waals surface area contributed by atoms with E-state index in [-0.39, 0.29) is 12.5 Å². The first-order valence-electron chi connectivity index (χ1n) is 8.67. The predicted molar refractivity (Wildman–Crippen MR) is 107 cm³/mol. The van der Waals surface area contributed by atoms with Crippen LogP contribution in [0.15, 0.2) is 53.5 Å². The van der Waals surface area contributed by atoms with Gasteiger partial charge in [-0.1, -0.05) is 30.3 Å². The predicted octanol–water partition coefficient (Wildman–Crippen LogP) is 4.10. The van der Waals surface area contributed by atoms with Gasteiger partial charge in [0.25, 0.3) is 5.91 Å². The van der Waals surface area contributed by atoms with Crippen LogP contribution in [0, 0.1) is 20.8 Å². The first-order chi connectivity index (χ1) is 13.0. The maximum atomic E-state index is 12.2. The molecule has 0 bridgehead atoms. The number of nitrogens with one attached hydrogen (secondary N) is 2. The summed E-state index contributed by atoms with van der Waals surface area (Å²) < 4.78 is 5.71. The number of benzene rings is 2. The number of hydrogen-bond acceptors (Lipinski definition) is 4. The van der Waals surface area contributed by atoms with E-state index < -0.39 is 0 Å². The maximum Gasteiger partial charge on any atom is 0.262 e. The van der Waals surface area contributed by atoms with E-state index in [2.05, 4.69) is 20.5 Å². The van der Waals surface area contributed by atoms with Gasteiger partial charge >= 0.3 is 0 Å². The molecule has 0 aliphatic heterocycles. The minimum absolute atomic E-state index is 0.0804. The van der Waals surface area contributed by atoms with Crippen molar-refractivity contribution < 1.29 is 9.53 Å². The lowest BCUT2D eigenvalue weighted by Gasteiger charge is -2.11. The normalized spacial score (nSPS) is 10.9. The number of carbonyl (C=O) groups excluding carboxylic acids is 1. The van der Waals surface area contributed by atoms with Crippen molar-refractivity contribution in [1.29, 1.82) is 0 Å². The Bertz CT molecular complexity index is 956. The Morgan fingerprint density at radius 1 is 1.15 bits per heavy atom. The number of anilines is 1. The summed E-state index contributed by atoms with van der Waals surface area (Å²) in [5, 5.41) is 9.90. The van der Waals surface area contributed by atoms with Gasteiger partial charge in [0, 0.05) is 17.5 Å². The standard InChI is InChI=1S/C21H22N4O2/c1-14-8-4-6-10-18(14)23-20(26)13-27-19-11-7-5-9-17(19)12-22-21-15(2)24-25-16(21)3/h4-12H,13H2,1-3H3,(H,23,26)(H,24,25). The Balaban J connectivity index is 1.67. The highest BCUT2D eigenvalue weighted by Gasteiger charge is 2.08. The fourth-order valence-electron chi connectivity index (χ4n) is 2.63. The summed E-state index contributed by atoms with van der Waals surface area (Å²) in [7, 11) is 0. The number of aliphatic imine (C=N–C) groups is 1. The summed E-state index contributed by atoms with van der Waals surface area (Å²) in [4.78, 5) is 16.7. The monoisotopic (exact) mass is 362 g/mol. The highest BCUT2D eigenvalue weighted by atomic mass is 16.5. The molecule has 6 nitrogen and oxygen atoms in total. The molecule has 138 valence electrons. The smallest absolute Gasteiger partial charge is 0.262 e. The van der Waals surface area contributed by atoms with Crippen molar-refractivity contribution in [1.82, 2.24) is 10.2 Å². The van der Waals surface area contributed by atoms with Gasteiger partial charge < -0.3 is 10.1 Å². The Hall–Kier alpha value is -3.41. The van der Waals surface area contributed by atoms with Crippen LogP contribution in [0.5, 0.6) is 5.75 Å². The number of carbonyl (C=O) groups is 1. The molecule has 0 unspecified atom stereocenters. The number of H-pyrrole nitrogens is 1. The van der Waals surface area contributed by atoms with Gasteiger partial charge in [-0.2, -0.15) is 5.10 Å².